The monoisotopic (exact) mass is 337 g/mol. The maximum absolute atomic E-state index is 12.3. The molecule has 1 spiro atoms. The third-order valence-corrected chi connectivity index (χ3v) is 4.77. The van der Waals surface area contributed by atoms with Crippen molar-refractivity contribution < 1.29 is 23.9 Å². The number of ketones is 1. The molecular formula is C18H27NO5. The van der Waals surface area contributed by atoms with Gasteiger partial charge in [-0.25, -0.2) is 4.79 Å². The molecule has 2 atom stereocenters. The van der Waals surface area contributed by atoms with Crippen molar-refractivity contribution in [1.29, 1.82) is 0 Å². The Labute approximate surface area is 143 Å². The lowest BCUT2D eigenvalue weighted by Gasteiger charge is -2.39. The van der Waals surface area contributed by atoms with Gasteiger partial charge in [0.2, 0.25) is 0 Å². The predicted octanol–water partition coefficient (Wildman–Crippen LogP) is 2.71. The summed E-state index contributed by atoms with van der Waals surface area (Å²) in [5.74, 6) is -1.44. The van der Waals surface area contributed by atoms with Gasteiger partial charge in [0.15, 0.2) is 5.78 Å². The molecule has 1 amide bonds. The Bertz CT molecular complexity index is 548. The van der Waals surface area contributed by atoms with E-state index >= 15 is 0 Å². The molecule has 1 fully saturated rings. The molecule has 6 nitrogen and oxygen atoms in total. The standard InChI is InChI=1S/C18H27NO5/c1-17(2,3)24-16(22)19-11-6-9-18(10-12-19)8-5-7-13(20)14(18)15(21)23-4/h5,7,14H,6,8-12H2,1-4H3. The van der Waals surface area contributed by atoms with Crippen LogP contribution < -0.4 is 0 Å². The number of methoxy groups -OCH3 is 1. The van der Waals surface area contributed by atoms with E-state index in [0.29, 0.717) is 32.4 Å². The van der Waals surface area contributed by atoms with E-state index in [4.69, 9.17) is 9.47 Å². The summed E-state index contributed by atoms with van der Waals surface area (Å²) in [5, 5.41) is 0. The zero-order valence-corrected chi connectivity index (χ0v) is 15.0. The summed E-state index contributed by atoms with van der Waals surface area (Å²) in [6.45, 7) is 6.55. The molecule has 2 aliphatic rings. The van der Waals surface area contributed by atoms with Crippen LogP contribution in [0.5, 0.6) is 0 Å². The molecule has 6 heteroatoms. The highest BCUT2D eigenvalue weighted by Gasteiger charge is 2.49. The van der Waals surface area contributed by atoms with E-state index in [-0.39, 0.29) is 11.9 Å². The molecule has 1 aliphatic carbocycles. The second-order valence-electron chi connectivity index (χ2n) is 7.65. The Balaban J connectivity index is 2.16. The number of carbonyl (C=O) groups is 3. The summed E-state index contributed by atoms with van der Waals surface area (Å²) in [7, 11) is 1.31. The van der Waals surface area contributed by atoms with Gasteiger partial charge in [0.25, 0.3) is 0 Å². The van der Waals surface area contributed by atoms with Crippen molar-refractivity contribution in [2.45, 2.75) is 52.1 Å². The summed E-state index contributed by atoms with van der Waals surface area (Å²) >= 11 is 0. The number of likely N-dealkylation sites (tertiary alicyclic amines) is 1. The fourth-order valence-electron chi connectivity index (χ4n) is 3.63. The lowest BCUT2D eigenvalue weighted by Crippen LogP contribution is -2.44. The number of hydrogen-bond acceptors (Lipinski definition) is 5. The fraction of sp³-hybridized carbons (Fsp3) is 0.722. The van der Waals surface area contributed by atoms with E-state index in [0.717, 1.165) is 6.42 Å². The minimum atomic E-state index is -0.772. The van der Waals surface area contributed by atoms with Gasteiger partial charge in [0.05, 0.1) is 7.11 Å². The number of amides is 1. The van der Waals surface area contributed by atoms with Crippen LogP contribution >= 0.6 is 0 Å². The second kappa shape index (κ2) is 6.95. The second-order valence-corrected chi connectivity index (χ2v) is 7.65. The quantitative estimate of drug-likeness (QED) is 0.543. The fourth-order valence-corrected chi connectivity index (χ4v) is 3.63. The summed E-state index contributed by atoms with van der Waals surface area (Å²) < 4.78 is 10.3. The van der Waals surface area contributed by atoms with Gasteiger partial charge in [-0.15, -0.1) is 0 Å². The lowest BCUT2D eigenvalue weighted by molar-refractivity contribution is -0.155. The number of rotatable bonds is 1. The van der Waals surface area contributed by atoms with Crippen LogP contribution in [0.1, 0.15) is 46.5 Å². The van der Waals surface area contributed by atoms with Crippen LogP contribution in [0, 0.1) is 11.3 Å². The Morgan fingerprint density at radius 3 is 2.58 bits per heavy atom. The van der Waals surface area contributed by atoms with Crippen LogP contribution in [0.4, 0.5) is 4.79 Å². The number of carbonyl (C=O) groups excluding carboxylic acids is 3. The highest BCUT2D eigenvalue weighted by Crippen LogP contribution is 2.45. The molecular weight excluding hydrogens is 310 g/mol. The first-order valence-electron chi connectivity index (χ1n) is 8.45. The molecule has 0 aromatic rings. The number of hydrogen-bond donors (Lipinski definition) is 0. The van der Waals surface area contributed by atoms with Gasteiger partial charge in [-0.05, 0) is 57.9 Å². The molecule has 1 heterocycles. The number of nitrogens with zero attached hydrogens (tertiary/aromatic N) is 1. The third-order valence-electron chi connectivity index (χ3n) is 4.77. The molecule has 0 aromatic heterocycles. The van der Waals surface area contributed by atoms with E-state index in [9.17, 15) is 14.4 Å². The molecule has 0 saturated carbocycles. The van der Waals surface area contributed by atoms with E-state index in [2.05, 4.69) is 0 Å². The summed E-state index contributed by atoms with van der Waals surface area (Å²) in [5.41, 5.74) is -1.01. The predicted molar refractivity (Wildman–Crippen MR) is 88.4 cm³/mol. The molecule has 1 aliphatic heterocycles. The Morgan fingerprint density at radius 1 is 1.25 bits per heavy atom. The van der Waals surface area contributed by atoms with Gasteiger partial charge in [-0.2, -0.15) is 0 Å². The van der Waals surface area contributed by atoms with Crippen molar-refractivity contribution in [1.82, 2.24) is 4.90 Å². The molecule has 134 valence electrons. The van der Waals surface area contributed by atoms with Crippen LogP contribution in [-0.4, -0.2) is 48.5 Å². The highest BCUT2D eigenvalue weighted by molar-refractivity contribution is 6.06. The van der Waals surface area contributed by atoms with Gasteiger partial charge < -0.3 is 14.4 Å². The first-order valence-corrected chi connectivity index (χ1v) is 8.45. The van der Waals surface area contributed by atoms with Crippen LogP contribution in [0.15, 0.2) is 12.2 Å². The number of ether oxygens (including phenoxy) is 2. The minimum absolute atomic E-state index is 0.196. The largest absolute Gasteiger partial charge is 0.468 e. The van der Waals surface area contributed by atoms with E-state index in [1.165, 1.54) is 13.2 Å². The summed E-state index contributed by atoms with van der Waals surface area (Å²) in [6, 6.07) is 0. The first kappa shape index (κ1) is 18.5. The first-order chi connectivity index (χ1) is 11.2. The van der Waals surface area contributed by atoms with Crippen molar-refractivity contribution in [2.75, 3.05) is 20.2 Å². The molecule has 24 heavy (non-hydrogen) atoms. The molecule has 2 rings (SSSR count). The molecule has 0 bridgehead atoms. The maximum Gasteiger partial charge on any atom is 0.410 e. The molecule has 0 aromatic carbocycles. The van der Waals surface area contributed by atoms with E-state index in [1.807, 2.05) is 26.8 Å². The topological polar surface area (TPSA) is 72.9 Å². The normalized spacial score (nSPS) is 27.8. The summed E-state index contributed by atoms with van der Waals surface area (Å²) in [4.78, 5) is 38.5. The van der Waals surface area contributed by atoms with E-state index in [1.54, 1.807) is 4.90 Å². The van der Waals surface area contributed by atoms with Gasteiger partial charge in [-0.1, -0.05) is 6.08 Å². The molecule has 0 N–H and O–H groups in total. The smallest absolute Gasteiger partial charge is 0.410 e. The third kappa shape index (κ3) is 3.97. The van der Waals surface area contributed by atoms with Crippen molar-refractivity contribution in [3.05, 3.63) is 12.2 Å². The van der Waals surface area contributed by atoms with Crippen molar-refractivity contribution in [3.63, 3.8) is 0 Å². The van der Waals surface area contributed by atoms with Gasteiger partial charge in [0.1, 0.15) is 11.5 Å². The van der Waals surface area contributed by atoms with Crippen LogP contribution in [0.3, 0.4) is 0 Å². The van der Waals surface area contributed by atoms with E-state index < -0.39 is 22.9 Å². The van der Waals surface area contributed by atoms with Crippen LogP contribution in [0.2, 0.25) is 0 Å². The van der Waals surface area contributed by atoms with Crippen LogP contribution in [-0.2, 0) is 19.1 Å². The molecule has 2 unspecified atom stereocenters. The van der Waals surface area contributed by atoms with Crippen molar-refractivity contribution in [3.8, 4) is 0 Å². The Kier molecular flexibility index (Phi) is 5.35. The summed E-state index contributed by atoms with van der Waals surface area (Å²) in [6.07, 6.45) is 5.65. The zero-order valence-electron chi connectivity index (χ0n) is 15.0. The average molecular weight is 337 g/mol. The zero-order chi connectivity index (χ0) is 18.0. The van der Waals surface area contributed by atoms with Crippen LogP contribution in [0.25, 0.3) is 0 Å². The van der Waals surface area contributed by atoms with Gasteiger partial charge >= 0.3 is 12.1 Å². The average Bonchev–Trinajstić information content (AvgIpc) is 2.68. The maximum atomic E-state index is 12.3. The SMILES string of the molecule is COC(=O)C1C(=O)C=CCC12CCCN(C(=O)OC(C)(C)C)CC2. The molecule has 0 radical (unpaired) electrons. The minimum Gasteiger partial charge on any atom is -0.468 e. The van der Waals surface area contributed by atoms with Crippen molar-refractivity contribution >= 4 is 17.8 Å². The number of esters is 1. The molecule has 1 saturated heterocycles. The highest BCUT2D eigenvalue weighted by atomic mass is 16.6. The Hall–Kier alpha value is -1.85. The number of allylic oxidation sites excluding steroid dienone is 2. The Morgan fingerprint density at radius 2 is 1.96 bits per heavy atom. The van der Waals surface area contributed by atoms with Gasteiger partial charge in [0, 0.05) is 13.1 Å². The van der Waals surface area contributed by atoms with Gasteiger partial charge in [-0.3, -0.25) is 9.59 Å². The van der Waals surface area contributed by atoms with Crippen molar-refractivity contribution in [2.24, 2.45) is 11.3 Å². The lowest BCUT2D eigenvalue weighted by atomic mass is 9.64.